The zero-order valence-electron chi connectivity index (χ0n) is 12.2. The molecule has 0 amide bonds. The van der Waals surface area contributed by atoms with Gasteiger partial charge in [-0.05, 0) is 7.05 Å². The van der Waals surface area contributed by atoms with Gasteiger partial charge in [-0.25, -0.2) is 4.98 Å². The summed E-state index contributed by atoms with van der Waals surface area (Å²) in [4.78, 5) is 23.2. The largest absolute Gasteiger partial charge is 0.368 e. The average Bonchev–Trinajstić information content (AvgIpc) is 2.93. The summed E-state index contributed by atoms with van der Waals surface area (Å²) in [5, 5.41) is 0. The van der Waals surface area contributed by atoms with Gasteiger partial charge in [-0.2, -0.15) is 9.97 Å². The van der Waals surface area contributed by atoms with E-state index < -0.39 is 0 Å². The second-order valence-electron chi connectivity index (χ2n) is 5.90. The molecular weight excluding hydrogens is 268 g/mol. The number of H-pyrrole nitrogens is 1. The highest BCUT2D eigenvalue weighted by molar-refractivity contribution is 5.84. The number of nitrogen functional groups attached to an aromatic ring is 1. The summed E-state index contributed by atoms with van der Waals surface area (Å²) in [6, 6.07) is 0.548. The van der Waals surface area contributed by atoms with Crippen molar-refractivity contribution in [1.29, 1.82) is 0 Å². The van der Waals surface area contributed by atoms with E-state index >= 15 is 0 Å². The number of nitrogens with zero attached hydrogens (tertiary/aromatic N) is 6. The Bertz CT molecular complexity index is 653. The highest BCUT2D eigenvalue weighted by Gasteiger charge is 2.32. The van der Waals surface area contributed by atoms with Crippen LogP contribution in [0.4, 0.5) is 11.8 Å². The molecule has 1 atom stereocenters. The molecule has 0 radical (unpaired) electrons. The molecule has 0 aromatic carbocycles. The Balaban J connectivity index is 1.65. The second kappa shape index (κ2) is 4.81. The van der Waals surface area contributed by atoms with Crippen LogP contribution >= 0.6 is 0 Å². The lowest BCUT2D eigenvalue weighted by Gasteiger charge is -2.46. The smallest absolute Gasteiger partial charge is 0.224 e. The number of hydrogen-bond donors (Lipinski definition) is 2. The Morgan fingerprint density at radius 1 is 1.19 bits per heavy atom. The van der Waals surface area contributed by atoms with Crippen molar-refractivity contribution in [2.24, 2.45) is 0 Å². The molecule has 0 spiro atoms. The summed E-state index contributed by atoms with van der Waals surface area (Å²) in [7, 11) is 2.19. The summed E-state index contributed by atoms with van der Waals surface area (Å²) in [6.07, 6.45) is 1.65. The topological polar surface area (TPSA) is 90.2 Å². The highest BCUT2D eigenvalue weighted by Crippen LogP contribution is 2.25. The fourth-order valence-corrected chi connectivity index (χ4v) is 3.37. The quantitative estimate of drug-likeness (QED) is 0.722. The van der Waals surface area contributed by atoms with Gasteiger partial charge >= 0.3 is 0 Å². The Morgan fingerprint density at radius 3 is 2.95 bits per heavy atom. The molecule has 2 aromatic rings. The van der Waals surface area contributed by atoms with E-state index in [0.29, 0.717) is 11.7 Å². The molecule has 4 rings (SSSR count). The van der Waals surface area contributed by atoms with Gasteiger partial charge in [0, 0.05) is 45.3 Å². The first-order valence-electron chi connectivity index (χ1n) is 7.35. The fraction of sp³-hybridized carbons (Fsp3) is 0.615. The van der Waals surface area contributed by atoms with Gasteiger partial charge in [-0.3, -0.25) is 4.90 Å². The molecule has 21 heavy (non-hydrogen) atoms. The van der Waals surface area contributed by atoms with Gasteiger partial charge in [0.15, 0.2) is 11.5 Å². The van der Waals surface area contributed by atoms with Crippen molar-refractivity contribution in [3.05, 3.63) is 6.33 Å². The van der Waals surface area contributed by atoms with E-state index in [9.17, 15) is 0 Å². The number of piperazine rings is 2. The average molecular weight is 288 g/mol. The van der Waals surface area contributed by atoms with E-state index in [1.54, 1.807) is 6.33 Å². The number of nitrogens with one attached hydrogen (secondary N) is 1. The molecule has 8 heteroatoms. The number of fused-ring (bicyclic) bond motifs is 2. The van der Waals surface area contributed by atoms with Crippen LogP contribution in [0.2, 0.25) is 0 Å². The summed E-state index contributed by atoms with van der Waals surface area (Å²) in [5.41, 5.74) is 7.34. The van der Waals surface area contributed by atoms with Crippen molar-refractivity contribution in [2.45, 2.75) is 6.04 Å². The first-order chi connectivity index (χ1) is 10.2. The summed E-state index contributed by atoms with van der Waals surface area (Å²) < 4.78 is 0. The fourth-order valence-electron chi connectivity index (χ4n) is 3.37. The van der Waals surface area contributed by atoms with Gasteiger partial charge in [0.05, 0.1) is 6.33 Å². The third-order valence-electron chi connectivity index (χ3n) is 4.48. The zero-order chi connectivity index (χ0) is 14.4. The van der Waals surface area contributed by atoms with Crippen molar-refractivity contribution in [3.63, 3.8) is 0 Å². The van der Waals surface area contributed by atoms with Crippen LogP contribution in [-0.2, 0) is 0 Å². The maximum absolute atomic E-state index is 5.82. The molecule has 8 nitrogen and oxygen atoms in total. The molecule has 0 aliphatic carbocycles. The van der Waals surface area contributed by atoms with Crippen LogP contribution in [0.25, 0.3) is 11.2 Å². The van der Waals surface area contributed by atoms with E-state index in [0.717, 1.165) is 50.6 Å². The minimum Gasteiger partial charge on any atom is -0.368 e. The maximum atomic E-state index is 5.82. The highest BCUT2D eigenvalue weighted by atomic mass is 15.4. The van der Waals surface area contributed by atoms with Crippen molar-refractivity contribution < 1.29 is 0 Å². The minimum absolute atomic E-state index is 0.285. The Kier molecular flexibility index (Phi) is 2.93. The predicted molar refractivity (Wildman–Crippen MR) is 81.2 cm³/mol. The maximum Gasteiger partial charge on any atom is 0.224 e. The molecule has 2 aromatic heterocycles. The molecule has 2 aliphatic heterocycles. The van der Waals surface area contributed by atoms with Crippen molar-refractivity contribution >= 4 is 22.9 Å². The van der Waals surface area contributed by atoms with Crippen LogP contribution in [0, 0.1) is 0 Å². The van der Waals surface area contributed by atoms with E-state index in [4.69, 9.17) is 5.73 Å². The summed E-state index contributed by atoms with van der Waals surface area (Å²) in [5.74, 6) is 1.16. The number of likely N-dealkylation sites (N-methyl/N-ethyl adjacent to an activating group) is 1. The van der Waals surface area contributed by atoms with Crippen LogP contribution in [0.5, 0.6) is 0 Å². The number of aromatic amines is 1. The third kappa shape index (κ3) is 2.20. The normalized spacial score (nSPS) is 24.4. The molecule has 2 aliphatic rings. The van der Waals surface area contributed by atoms with Gasteiger partial charge in [-0.15, -0.1) is 0 Å². The van der Waals surface area contributed by atoms with Gasteiger partial charge < -0.3 is 20.5 Å². The van der Waals surface area contributed by atoms with Gasteiger partial charge in [0.2, 0.25) is 5.95 Å². The molecular formula is C13H20N8. The molecule has 0 saturated carbocycles. The lowest BCUT2D eigenvalue weighted by Crippen LogP contribution is -2.61. The number of anilines is 2. The SMILES string of the molecule is CN1CCN2CCN(c3nc(N)nc4nc[nH]c34)C[C@@H]2C1. The number of nitrogens with two attached hydrogens (primary N) is 1. The third-order valence-corrected chi connectivity index (χ3v) is 4.48. The van der Waals surface area contributed by atoms with Crippen LogP contribution in [-0.4, -0.2) is 82.1 Å². The Labute approximate surface area is 123 Å². The van der Waals surface area contributed by atoms with Crippen molar-refractivity contribution in [3.8, 4) is 0 Å². The second-order valence-corrected chi connectivity index (χ2v) is 5.90. The van der Waals surface area contributed by atoms with Crippen molar-refractivity contribution in [1.82, 2.24) is 29.7 Å². The molecule has 0 unspecified atom stereocenters. The molecule has 112 valence electrons. The van der Waals surface area contributed by atoms with Gasteiger partial charge in [-0.1, -0.05) is 0 Å². The zero-order valence-corrected chi connectivity index (χ0v) is 12.2. The van der Waals surface area contributed by atoms with Gasteiger partial charge in [0.1, 0.15) is 5.52 Å². The Hall–Kier alpha value is -1.93. The minimum atomic E-state index is 0.285. The number of aromatic nitrogens is 4. The van der Waals surface area contributed by atoms with E-state index in [1.165, 1.54) is 0 Å². The number of rotatable bonds is 1. The first kappa shape index (κ1) is 12.8. The molecule has 3 N–H and O–H groups in total. The van der Waals surface area contributed by atoms with Crippen molar-refractivity contribution in [2.75, 3.05) is 56.9 Å². The van der Waals surface area contributed by atoms with E-state index in [2.05, 4.69) is 41.7 Å². The summed E-state index contributed by atoms with van der Waals surface area (Å²) in [6.45, 7) is 6.41. The van der Waals surface area contributed by atoms with E-state index in [1.807, 2.05) is 0 Å². The molecule has 2 fully saturated rings. The first-order valence-corrected chi connectivity index (χ1v) is 7.35. The van der Waals surface area contributed by atoms with Crippen LogP contribution in [0.1, 0.15) is 0 Å². The van der Waals surface area contributed by atoms with Crippen LogP contribution in [0.3, 0.4) is 0 Å². The lowest BCUT2D eigenvalue weighted by molar-refractivity contribution is 0.0805. The van der Waals surface area contributed by atoms with Crippen LogP contribution < -0.4 is 10.6 Å². The molecule has 2 saturated heterocycles. The summed E-state index contributed by atoms with van der Waals surface area (Å²) >= 11 is 0. The van der Waals surface area contributed by atoms with E-state index in [-0.39, 0.29) is 5.95 Å². The standard InChI is InChI=1S/C13H20N8/c1-19-2-3-20-4-5-21(7-9(20)6-19)12-10-11(16-8-15-10)17-13(14)18-12/h8-9H,2-7H2,1H3,(H3,14,15,16,17,18)/t9-/m0/s1. The Morgan fingerprint density at radius 2 is 2.05 bits per heavy atom. The number of imidazole rings is 1. The van der Waals surface area contributed by atoms with Crippen LogP contribution in [0.15, 0.2) is 6.33 Å². The predicted octanol–water partition coefficient (Wildman–Crippen LogP) is -0.629. The lowest BCUT2D eigenvalue weighted by atomic mass is 10.1. The number of hydrogen-bond acceptors (Lipinski definition) is 7. The molecule has 0 bridgehead atoms. The molecule has 4 heterocycles. The monoisotopic (exact) mass is 288 g/mol. The van der Waals surface area contributed by atoms with Gasteiger partial charge in [0.25, 0.3) is 0 Å².